The predicted octanol–water partition coefficient (Wildman–Crippen LogP) is 15.4. The first kappa shape index (κ1) is 70.0. The number of ether oxygens (including phenoxy) is 3. The fourth-order valence-corrected chi connectivity index (χ4v) is 9.21. The number of hydrogen-bond donors (Lipinski definition) is 0. The van der Waals surface area contributed by atoms with Gasteiger partial charge < -0.3 is 31.1 Å². The van der Waals surface area contributed by atoms with Crippen molar-refractivity contribution in [3.63, 3.8) is 0 Å². The van der Waals surface area contributed by atoms with E-state index in [2.05, 4.69) is 78.4 Å². The van der Waals surface area contributed by atoms with Gasteiger partial charge in [0.15, 0.2) is 0 Å². The second kappa shape index (κ2) is 53.2. The van der Waals surface area contributed by atoms with E-state index in [4.69, 9.17) is 14.2 Å². The van der Waals surface area contributed by atoms with Crippen LogP contribution in [0.3, 0.4) is 0 Å². The Bertz CT molecular complexity index is 1110. The molecular formula is C62H116ClNO6. The second-order valence-corrected chi connectivity index (χ2v) is 21.9. The van der Waals surface area contributed by atoms with Crippen molar-refractivity contribution in [1.82, 2.24) is 0 Å². The largest absolute Gasteiger partial charge is 1.00 e. The molecule has 8 heteroatoms. The average Bonchev–Trinajstić information content (AvgIpc) is 3.32. The van der Waals surface area contributed by atoms with Gasteiger partial charge >= 0.3 is 17.9 Å². The van der Waals surface area contributed by atoms with Crippen molar-refractivity contribution in [1.29, 1.82) is 0 Å². The number of esters is 3. The highest BCUT2D eigenvalue weighted by Crippen LogP contribution is 2.25. The lowest BCUT2D eigenvalue weighted by atomic mass is 9.89. The molecule has 0 spiro atoms. The Morgan fingerprint density at radius 3 is 0.743 bits per heavy atom. The zero-order valence-electron chi connectivity index (χ0n) is 47.3. The first-order valence-corrected chi connectivity index (χ1v) is 29.8. The fourth-order valence-electron chi connectivity index (χ4n) is 9.21. The molecule has 0 radical (unpaired) electrons. The maximum Gasteiger partial charge on any atom is 0.305 e. The van der Waals surface area contributed by atoms with Gasteiger partial charge in [-0.3, -0.25) is 14.4 Å². The minimum absolute atomic E-state index is 0. The van der Waals surface area contributed by atoms with Crippen molar-refractivity contribution < 1.29 is 45.5 Å². The molecule has 0 rings (SSSR count). The molecule has 0 aromatic carbocycles. The molecule has 0 saturated heterocycles. The summed E-state index contributed by atoms with van der Waals surface area (Å²) in [5, 5.41) is 0. The number of halogens is 1. The van der Waals surface area contributed by atoms with Crippen LogP contribution in [0.15, 0.2) is 36.5 Å². The molecule has 0 saturated carbocycles. The summed E-state index contributed by atoms with van der Waals surface area (Å²) >= 11 is 0. The molecule has 0 unspecified atom stereocenters. The molecule has 412 valence electrons. The number of hydrogen-bond acceptors (Lipinski definition) is 6. The van der Waals surface area contributed by atoms with Crippen LogP contribution in [0.4, 0.5) is 0 Å². The van der Waals surface area contributed by atoms with Gasteiger partial charge in [-0.15, -0.1) is 0 Å². The third kappa shape index (κ3) is 52.2. The SMILES string of the molecule is CCCCCCCCC=CCCCCCCCC(=O)OCC(COC(=O)CCCCCCC/C=C\CCCCCCCC)(COC(=O)CCCCCCC/C=C\CCCCCCCC)C[N+](C)(C)C.[Cl-]. The Labute approximate surface area is 441 Å². The number of carbonyl (C=O) groups excluding carboxylic acids is 3. The molecule has 0 atom stereocenters. The van der Waals surface area contributed by atoms with Crippen LogP contribution in [0, 0.1) is 5.41 Å². The Hall–Kier alpha value is -2.12. The lowest BCUT2D eigenvalue weighted by molar-refractivity contribution is -0.877. The minimum atomic E-state index is -0.840. The molecule has 0 aromatic rings. The van der Waals surface area contributed by atoms with E-state index in [0.717, 1.165) is 77.0 Å². The van der Waals surface area contributed by atoms with Crippen LogP contribution < -0.4 is 12.4 Å². The van der Waals surface area contributed by atoms with Gasteiger partial charge in [-0.2, -0.15) is 0 Å². The highest BCUT2D eigenvalue weighted by atomic mass is 35.5. The van der Waals surface area contributed by atoms with E-state index in [1.54, 1.807) is 0 Å². The monoisotopic (exact) mass is 1010 g/mol. The van der Waals surface area contributed by atoms with Gasteiger partial charge in [-0.25, -0.2) is 0 Å². The normalized spacial score (nSPS) is 12.1. The first-order valence-electron chi connectivity index (χ1n) is 29.8. The molecular weight excluding hydrogens is 890 g/mol. The van der Waals surface area contributed by atoms with Crippen molar-refractivity contribution in [2.24, 2.45) is 5.41 Å². The topological polar surface area (TPSA) is 78.9 Å². The molecule has 70 heavy (non-hydrogen) atoms. The van der Waals surface area contributed by atoms with Crippen LogP contribution in [0.25, 0.3) is 0 Å². The second-order valence-electron chi connectivity index (χ2n) is 21.9. The first-order chi connectivity index (χ1) is 33.6. The Morgan fingerprint density at radius 1 is 0.329 bits per heavy atom. The number of carbonyl (C=O) groups is 3. The fraction of sp³-hybridized carbons (Fsp3) is 0.855. The van der Waals surface area contributed by atoms with E-state index in [0.29, 0.717) is 30.3 Å². The van der Waals surface area contributed by atoms with E-state index < -0.39 is 5.41 Å². The summed E-state index contributed by atoms with van der Waals surface area (Å²) in [7, 11) is 6.22. The van der Waals surface area contributed by atoms with Crippen molar-refractivity contribution in [3.8, 4) is 0 Å². The van der Waals surface area contributed by atoms with Crippen LogP contribution in [-0.2, 0) is 28.6 Å². The van der Waals surface area contributed by atoms with Crippen LogP contribution in [0.5, 0.6) is 0 Å². The standard InChI is InChI=1S/C62H116NO6.ClH/c1-7-10-13-16-19-22-25-28-31-34-37-40-43-46-49-52-59(64)67-56-62(55-63(4,5)6,57-68-60(65)53-50-47-44-41-38-35-32-29-26-23-20-17-14-11-8-2)58-69-61(66)54-51-48-45-42-39-36-33-30-27-24-21-18-15-12-9-3;/h28-33H,7-27,34-58H2,1-6H3;1H/q+1;/p-1/b31-28-,32-29-,33-30?;. The van der Waals surface area contributed by atoms with Gasteiger partial charge in [-0.05, 0) is 96.3 Å². The van der Waals surface area contributed by atoms with Crippen LogP contribution in [0.1, 0.15) is 290 Å². The molecule has 0 aliphatic heterocycles. The quantitative estimate of drug-likeness (QED) is 0.0199. The van der Waals surface area contributed by atoms with Crippen molar-refractivity contribution >= 4 is 17.9 Å². The minimum Gasteiger partial charge on any atom is -1.00 e. The van der Waals surface area contributed by atoms with Gasteiger partial charge in [0.2, 0.25) is 0 Å². The number of nitrogens with zero attached hydrogens (tertiary/aromatic N) is 1. The maximum absolute atomic E-state index is 13.1. The highest BCUT2D eigenvalue weighted by molar-refractivity contribution is 5.70. The number of unbranched alkanes of at least 4 members (excludes halogenated alkanes) is 33. The van der Waals surface area contributed by atoms with Gasteiger partial charge in [0.05, 0.1) is 27.7 Å². The third-order valence-corrected chi connectivity index (χ3v) is 13.4. The van der Waals surface area contributed by atoms with Crippen molar-refractivity contribution in [2.45, 2.75) is 290 Å². The van der Waals surface area contributed by atoms with Gasteiger partial charge in [0.25, 0.3) is 0 Å². The summed E-state index contributed by atoms with van der Waals surface area (Å²) in [6, 6.07) is 0. The van der Waals surface area contributed by atoms with E-state index in [1.165, 1.54) is 173 Å². The maximum atomic E-state index is 13.1. The number of rotatable bonds is 53. The smallest absolute Gasteiger partial charge is 0.305 e. The molecule has 0 aromatic heterocycles. The predicted molar refractivity (Wildman–Crippen MR) is 297 cm³/mol. The zero-order chi connectivity index (χ0) is 50.6. The van der Waals surface area contributed by atoms with Gasteiger partial charge in [-0.1, -0.05) is 211 Å². The lowest BCUT2D eigenvalue weighted by Gasteiger charge is -2.38. The summed E-state index contributed by atoms with van der Waals surface area (Å²) in [5.74, 6) is -0.715. The molecule has 0 heterocycles. The molecule has 7 nitrogen and oxygen atoms in total. The summed E-state index contributed by atoms with van der Waals surface area (Å²) in [5.41, 5.74) is -0.840. The highest BCUT2D eigenvalue weighted by Gasteiger charge is 2.41. The molecule has 0 amide bonds. The van der Waals surface area contributed by atoms with Gasteiger partial charge in [0.1, 0.15) is 25.2 Å². The Kier molecular flexibility index (Phi) is 53.1. The molecule has 0 aliphatic carbocycles. The average molecular weight is 1010 g/mol. The van der Waals surface area contributed by atoms with E-state index >= 15 is 0 Å². The molecule has 0 fully saturated rings. The van der Waals surface area contributed by atoms with Crippen LogP contribution >= 0.6 is 0 Å². The lowest BCUT2D eigenvalue weighted by Crippen LogP contribution is -3.00. The Balaban J connectivity index is 0. The Morgan fingerprint density at radius 2 is 0.529 bits per heavy atom. The zero-order valence-corrected chi connectivity index (χ0v) is 48.0. The van der Waals surface area contributed by atoms with Crippen LogP contribution in [-0.4, -0.2) is 69.9 Å². The van der Waals surface area contributed by atoms with Crippen LogP contribution in [0.2, 0.25) is 0 Å². The van der Waals surface area contributed by atoms with Crippen molar-refractivity contribution in [2.75, 3.05) is 47.5 Å². The molecule has 0 N–H and O–H groups in total. The summed E-state index contributed by atoms with van der Waals surface area (Å²) in [6.07, 6.45) is 62.2. The molecule has 0 bridgehead atoms. The summed E-state index contributed by atoms with van der Waals surface area (Å²) < 4.78 is 18.4. The van der Waals surface area contributed by atoms with E-state index in [-0.39, 0.29) is 50.1 Å². The van der Waals surface area contributed by atoms with Gasteiger partial charge in [0, 0.05) is 19.3 Å². The van der Waals surface area contributed by atoms with E-state index in [1.807, 2.05) is 0 Å². The van der Waals surface area contributed by atoms with E-state index in [9.17, 15) is 14.4 Å². The third-order valence-electron chi connectivity index (χ3n) is 13.4. The number of quaternary nitrogens is 1. The van der Waals surface area contributed by atoms with Crippen molar-refractivity contribution in [3.05, 3.63) is 36.5 Å². The molecule has 0 aliphatic rings. The summed E-state index contributed by atoms with van der Waals surface area (Å²) in [6.45, 7) is 7.47. The summed E-state index contributed by atoms with van der Waals surface area (Å²) in [4.78, 5) is 39.4. The number of allylic oxidation sites excluding steroid dienone is 6.